The van der Waals surface area contributed by atoms with E-state index in [9.17, 15) is 4.79 Å². The third-order valence-corrected chi connectivity index (χ3v) is 3.94. The molecule has 0 spiro atoms. The van der Waals surface area contributed by atoms with Crippen LogP contribution >= 0.6 is 11.3 Å². The highest BCUT2D eigenvalue weighted by atomic mass is 32.1. The lowest BCUT2D eigenvalue weighted by Crippen LogP contribution is -2.28. The fraction of sp³-hybridized carbons (Fsp3) is 0.583. The Morgan fingerprint density at radius 3 is 2.87 bits per heavy atom. The number of carbonyl (C=O) groups is 1. The summed E-state index contributed by atoms with van der Waals surface area (Å²) in [4.78, 5) is 13.1. The standard InChI is InChI=1S/C12H17NOS/c1-9-11(4-7-15-9)12(14)8-10-2-5-13-6-3-10/h4,7,10,13H,2-3,5-6,8H2,1H3. The van der Waals surface area contributed by atoms with Crippen molar-refractivity contribution in [3.8, 4) is 0 Å². The van der Waals surface area contributed by atoms with E-state index in [1.807, 2.05) is 18.4 Å². The zero-order chi connectivity index (χ0) is 10.7. The van der Waals surface area contributed by atoms with Gasteiger partial charge >= 0.3 is 0 Å². The van der Waals surface area contributed by atoms with Crippen molar-refractivity contribution in [3.05, 3.63) is 21.9 Å². The molecule has 82 valence electrons. The van der Waals surface area contributed by atoms with Crippen LogP contribution in [0.2, 0.25) is 0 Å². The first-order chi connectivity index (χ1) is 7.27. The van der Waals surface area contributed by atoms with Crippen LogP contribution in [0.3, 0.4) is 0 Å². The molecular formula is C12H17NOS. The van der Waals surface area contributed by atoms with E-state index in [1.165, 1.54) is 0 Å². The number of piperidine rings is 1. The van der Waals surface area contributed by atoms with Crippen molar-refractivity contribution < 1.29 is 4.79 Å². The topological polar surface area (TPSA) is 29.1 Å². The summed E-state index contributed by atoms with van der Waals surface area (Å²) >= 11 is 1.66. The molecule has 2 heterocycles. The predicted octanol–water partition coefficient (Wildman–Crippen LogP) is 2.63. The van der Waals surface area contributed by atoms with Gasteiger partial charge in [0.1, 0.15) is 0 Å². The van der Waals surface area contributed by atoms with Gasteiger partial charge in [-0.05, 0) is 50.2 Å². The van der Waals surface area contributed by atoms with E-state index in [2.05, 4.69) is 5.32 Å². The highest BCUT2D eigenvalue weighted by molar-refractivity contribution is 7.10. The van der Waals surface area contributed by atoms with Gasteiger partial charge in [0.15, 0.2) is 5.78 Å². The SMILES string of the molecule is Cc1sccc1C(=O)CC1CCNCC1. The highest BCUT2D eigenvalue weighted by Gasteiger charge is 2.18. The quantitative estimate of drug-likeness (QED) is 0.798. The molecule has 1 aromatic heterocycles. The van der Waals surface area contributed by atoms with Crippen LogP contribution in [-0.2, 0) is 0 Å². The molecule has 0 radical (unpaired) electrons. The molecular weight excluding hydrogens is 206 g/mol. The summed E-state index contributed by atoms with van der Waals surface area (Å²) in [5, 5.41) is 5.33. The number of ketones is 1. The Morgan fingerprint density at radius 2 is 2.27 bits per heavy atom. The predicted molar refractivity (Wildman–Crippen MR) is 63.6 cm³/mol. The van der Waals surface area contributed by atoms with Gasteiger partial charge in [-0.25, -0.2) is 0 Å². The summed E-state index contributed by atoms with van der Waals surface area (Å²) in [6, 6.07) is 1.96. The second kappa shape index (κ2) is 4.90. The van der Waals surface area contributed by atoms with Gasteiger partial charge in [0, 0.05) is 16.9 Å². The van der Waals surface area contributed by atoms with Crippen molar-refractivity contribution in [3.63, 3.8) is 0 Å². The van der Waals surface area contributed by atoms with Crippen molar-refractivity contribution in [1.82, 2.24) is 5.32 Å². The van der Waals surface area contributed by atoms with Crippen molar-refractivity contribution in [2.75, 3.05) is 13.1 Å². The average Bonchev–Trinajstić information content (AvgIpc) is 2.66. The highest BCUT2D eigenvalue weighted by Crippen LogP contribution is 2.22. The fourth-order valence-electron chi connectivity index (χ4n) is 2.13. The van der Waals surface area contributed by atoms with E-state index in [0.29, 0.717) is 11.7 Å². The second-order valence-electron chi connectivity index (χ2n) is 4.21. The van der Waals surface area contributed by atoms with E-state index < -0.39 is 0 Å². The largest absolute Gasteiger partial charge is 0.317 e. The number of rotatable bonds is 3. The van der Waals surface area contributed by atoms with E-state index >= 15 is 0 Å². The number of nitrogens with one attached hydrogen (secondary N) is 1. The summed E-state index contributed by atoms with van der Waals surface area (Å²) in [5.41, 5.74) is 0.943. The fourth-order valence-corrected chi connectivity index (χ4v) is 2.85. The number of hydrogen-bond acceptors (Lipinski definition) is 3. The summed E-state index contributed by atoms with van der Waals surface area (Å²) in [5.74, 6) is 0.929. The van der Waals surface area contributed by atoms with Crippen molar-refractivity contribution in [1.29, 1.82) is 0 Å². The van der Waals surface area contributed by atoms with Crippen LogP contribution in [0.25, 0.3) is 0 Å². The molecule has 3 heteroatoms. The molecule has 0 unspecified atom stereocenters. The van der Waals surface area contributed by atoms with Gasteiger partial charge in [-0.2, -0.15) is 0 Å². The molecule has 0 aromatic carbocycles. The minimum Gasteiger partial charge on any atom is -0.317 e. The van der Waals surface area contributed by atoms with Crippen molar-refractivity contribution >= 4 is 17.1 Å². The molecule has 1 saturated heterocycles. The molecule has 2 nitrogen and oxygen atoms in total. The van der Waals surface area contributed by atoms with Gasteiger partial charge in [0.25, 0.3) is 0 Å². The number of hydrogen-bond donors (Lipinski definition) is 1. The van der Waals surface area contributed by atoms with Crippen LogP contribution < -0.4 is 5.32 Å². The summed E-state index contributed by atoms with van der Waals surface area (Å²) in [6.45, 7) is 4.17. The van der Waals surface area contributed by atoms with Gasteiger partial charge in [-0.15, -0.1) is 11.3 Å². The molecule has 1 aliphatic rings. The lowest BCUT2D eigenvalue weighted by molar-refractivity contribution is 0.0952. The molecule has 1 aliphatic heterocycles. The molecule has 0 bridgehead atoms. The van der Waals surface area contributed by atoms with Gasteiger partial charge < -0.3 is 5.32 Å². The molecule has 2 rings (SSSR count). The maximum absolute atomic E-state index is 12.0. The summed E-state index contributed by atoms with van der Waals surface area (Å²) in [6.07, 6.45) is 3.03. The van der Waals surface area contributed by atoms with Crippen LogP contribution in [-0.4, -0.2) is 18.9 Å². The molecule has 15 heavy (non-hydrogen) atoms. The van der Waals surface area contributed by atoms with Gasteiger partial charge in [-0.1, -0.05) is 0 Å². The minimum absolute atomic E-state index is 0.334. The maximum Gasteiger partial charge on any atom is 0.164 e. The Labute approximate surface area is 94.7 Å². The maximum atomic E-state index is 12.0. The van der Waals surface area contributed by atoms with Gasteiger partial charge in [0.2, 0.25) is 0 Å². The molecule has 0 atom stereocenters. The van der Waals surface area contributed by atoms with Crippen LogP contribution in [0, 0.1) is 12.8 Å². The molecule has 0 amide bonds. The second-order valence-corrected chi connectivity index (χ2v) is 5.33. The number of carbonyl (C=O) groups excluding carboxylic acids is 1. The molecule has 1 aromatic rings. The first kappa shape index (κ1) is 10.8. The first-order valence-electron chi connectivity index (χ1n) is 5.55. The summed E-state index contributed by atoms with van der Waals surface area (Å²) < 4.78 is 0. The van der Waals surface area contributed by atoms with Crippen molar-refractivity contribution in [2.45, 2.75) is 26.2 Å². The first-order valence-corrected chi connectivity index (χ1v) is 6.43. The number of aryl methyl sites for hydroxylation is 1. The van der Waals surface area contributed by atoms with Crippen LogP contribution in [0.1, 0.15) is 34.5 Å². The van der Waals surface area contributed by atoms with E-state index in [-0.39, 0.29) is 0 Å². The Kier molecular flexibility index (Phi) is 3.54. The lowest BCUT2D eigenvalue weighted by Gasteiger charge is -2.21. The molecule has 1 N–H and O–H groups in total. The van der Waals surface area contributed by atoms with Crippen LogP contribution in [0.5, 0.6) is 0 Å². The van der Waals surface area contributed by atoms with Crippen molar-refractivity contribution in [2.24, 2.45) is 5.92 Å². The number of Topliss-reactive ketones (excluding diaryl/α,β-unsaturated/α-hetero) is 1. The van der Waals surface area contributed by atoms with Crippen LogP contribution in [0.15, 0.2) is 11.4 Å². The van der Waals surface area contributed by atoms with Crippen LogP contribution in [0.4, 0.5) is 0 Å². The molecule has 0 aliphatic carbocycles. The summed E-state index contributed by atoms with van der Waals surface area (Å²) in [7, 11) is 0. The zero-order valence-corrected chi connectivity index (χ0v) is 9.90. The lowest BCUT2D eigenvalue weighted by atomic mass is 9.91. The average molecular weight is 223 g/mol. The number of thiophene rings is 1. The molecule has 0 saturated carbocycles. The minimum atomic E-state index is 0.334. The molecule has 1 fully saturated rings. The van der Waals surface area contributed by atoms with Gasteiger partial charge in [-0.3, -0.25) is 4.79 Å². The normalized spacial score (nSPS) is 17.9. The van der Waals surface area contributed by atoms with E-state index in [1.54, 1.807) is 11.3 Å². The smallest absolute Gasteiger partial charge is 0.164 e. The Balaban J connectivity index is 1.94. The van der Waals surface area contributed by atoms with Gasteiger partial charge in [0.05, 0.1) is 0 Å². The Hall–Kier alpha value is -0.670. The zero-order valence-electron chi connectivity index (χ0n) is 9.08. The Morgan fingerprint density at radius 1 is 1.53 bits per heavy atom. The monoisotopic (exact) mass is 223 g/mol. The van der Waals surface area contributed by atoms with E-state index in [0.717, 1.165) is 42.8 Å². The van der Waals surface area contributed by atoms with E-state index in [4.69, 9.17) is 0 Å². The third-order valence-electron chi connectivity index (χ3n) is 3.09. The Bertz CT molecular complexity index is 339. The third kappa shape index (κ3) is 2.67.